The summed E-state index contributed by atoms with van der Waals surface area (Å²) in [5, 5.41) is 0.736. The Morgan fingerprint density at radius 1 is 1.27 bits per heavy atom. The molecule has 1 aliphatic carbocycles. The number of carbonyl (C=O) groups excluding carboxylic acids is 1. The molecule has 2 aliphatic rings. The van der Waals surface area contributed by atoms with Gasteiger partial charge in [-0.05, 0) is 81.6 Å². The number of carbonyl (C=O) groups is 1. The average Bonchev–Trinajstić information content (AvgIpc) is 2.86. The summed E-state index contributed by atoms with van der Waals surface area (Å²) < 4.78 is 0. The molecule has 0 saturated carbocycles. The standard InChI is InChI=1S/C26H33ClN2O/c1-18-11-13-29-20(3)15-21(14-18)6-4-8-26(30)24-16-23(19(2)9-10-25(24)27)22-7-5-12-28-17-22/h5,7,12,15,17-18H,4,6,8-11,13-14,16H2,1-3H3. The minimum absolute atomic E-state index is 0.195. The van der Waals surface area contributed by atoms with Crippen LogP contribution in [0.4, 0.5) is 0 Å². The summed E-state index contributed by atoms with van der Waals surface area (Å²) in [7, 11) is 0. The third-order valence-electron chi connectivity index (χ3n) is 6.17. The number of rotatable bonds is 6. The van der Waals surface area contributed by atoms with Crippen LogP contribution in [-0.4, -0.2) is 23.0 Å². The Labute approximate surface area is 186 Å². The Bertz CT molecular complexity index is 893. The van der Waals surface area contributed by atoms with Crippen molar-refractivity contribution in [2.24, 2.45) is 10.9 Å². The minimum atomic E-state index is 0.195. The molecule has 1 aromatic heterocycles. The fourth-order valence-electron chi connectivity index (χ4n) is 4.37. The zero-order chi connectivity index (χ0) is 21.5. The fraction of sp³-hybridized carbons (Fsp3) is 0.500. The Morgan fingerprint density at radius 2 is 2.10 bits per heavy atom. The summed E-state index contributed by atoms with van der Waals surface area (Å²) in [6.45, 7) is 7.44. The molecule has 0 N–H and O–H groups in total. The van der Waals surface area contributed by atoms with Crippen molar-refractivity contribution in [3.05, 3.63) is 57.9 Å². The lowest BCUT2D eigenvalue weighted by Gasteiger charge is -2.17. The van der Waals surface area contributed by atoms with Gasteiger partial charge in [-0.2, -0.15) is 0 Å². The molecule has 3 rings (SSSR count). The van der Waals surface area contributed by atoms with E-state index in [4.69, 9.17) is 11.6 Å². The lowest BCUT2D eigenvalue weighted by molar-refractivity contribution is -0.115. The van der Waals surface area contributed by atoms with Crippen molar-refractivity contribution in [2.75, 3.05) is 6.54 Å². The normalized spacial score (nSPS) is 20.9. The molecule has 0 spiro atoms. The van der Waals surface area contributed by atoms with Gasteiger partial charge in [-0.1, -0.05) is 35.7 Å². The van der Waals surface area contributed by atoms with E-state index in [1.165, 1.54) is 16.7 Å². The van der Waals surface area contributed by atoms with Gasteiger partial charge in [0.25, 0.3) is 0 Å². The minimum Gasteiger partial charge on any atom is -0.294 e. The monoisotopic (exact) mass is 424 g/mol. The second kappa shape index (κ2) is 10.9. The third kappa shape index (κ3) is 6.25. The van der Waals surface area contributed by atoms with Crippen molar-refractivity contribution in [3.63, 3.8) is 0 Å². The second-order valence-electron chi connectivity index (χ2n) is 8.76. The molecule has 0 saturated heterocycles. The molecule has 1 aliphatic heterocycles. The van der Waals surface area contributed by atoms with Crippen molar-refractivity contribution in [2.45, 2.75) is 72.1 Å². The van der Waals surface area contributed by atoms with Crippen molar-refractivity contribution in [3.8, 4) is 0 Å². The maximum absolute atomic E-state index is 13.1. The maximum atomic E-state index is 13.1. The number of ketones is 1. The molecule has 4 heteroatoms. The molecule has 0 bridgehead atoms. The molecule has 0 amide bonds. The van der Waals surface area contributed by atoms with Crippen LogP contribution in [-0.2, 0) is 4.79 Å². The number of allylic oxidation sites excluding steroid dienone is 6. The number of halogens is 1. The highest BCUT2D eigenvalue weighted by atomic mass is 35.5. The van der Waals surface area contributed by atoms with Gasteiger partial charge < -0.3 is 0 Å². The molecule has 0 radical (unpaired) electrons. The van der Waals surface area contributed by atoms with E-state index in [0.717, 1.165) is 67.0 Å². The Hall–Kier alpha value is -2.00. The van der Waals surface area contributed by atoms with Gasteiger partial charge in [0, 0.05) is 48.1 Å². The highest BCUT2D eigenvalue weighted by Crippen LogP contribution is 2.36. The first kappa shape index (κ1) is 22.7. The second-order valence-corrected chi connectivity index (χ2v) is 9.22. The number of Topliss-reactive ketones (excluding diaryl/α,β-unsaturated/α-hetero) is 1. The number of pyridine rings is 1. The van der Waals surface area contributed by atoms with Crippen LogP contribution in [0.15, 0.2) is 57.3 Å². The third-order valence-corrected chi connectivity index (χ3v) is 6.59. The topological polar surface area (TPSA) is 42.3 Å². The van der Waals surface area contributed by atoms with E-state index in [0.29, 0.717) is 18.8 Å². The van der Waals surface area contributed by atoms with Crippen molar-refractivity contribution >= 4 is 28.7 Å². The first-order valence-corrected chi connectivity index (χ1v) is 11.5. The van der Waals surface area contributed by atoms with E-state index < -0.39 is 0 Å². The molecule has 0 fully saturated rings. The molecule has 1 aromatic rings. The van der Waals surface area contributed by atoms with Crippen molar-refractivity contribution in [1.29, 1.82) is 0 Å². The summed E-state index contributed by atoms with van der Waals surface area (Å²) >= 11 is 6.60. The molecule has 1 unspecified atom stereocenters. The molecule has 0 aromatic carbocycles. The van der Waals surface area contributed by atoms with E-state index in [9.17, 15) is 4.79 Å². The van der Waals surface area contributed by atoms with E-state index in [2.05, 4.69) is 42.9 Å². The molecule has 30 heavy (non-hydrogen) atoms. The average molecular weight is 425 g/mol. The van der Waals surface area contributed by atoms with Crippen LogP contribution >= 0.6 is 11.6 Å². The largest absolute Gasteiger partial charge is 0.294 e. The Morgan fingerprint density at radius 3 is 2.87 bits per heavy atom. The lowest BCUT2D eigenvalue weighted by atomic mass is 9.90. The van der Waals surface area contributed by atoms with Gasteiger partial charge >= 0.3 is 0 Å². The number of hydrogen-bond acceptors (Lipinski definition) is 3. The zero-order valence-corrected chi connectivity index (χ0v) is 19.3. The van der Waals surface area contributed by atoms with Crippen molar-refractivity contribution in [1.82, 2.24) is 4.98 Å². The number of aromatic nitrogens is 1. The quantitative estimate of drug-likeness (QED) is 0.489. The first-order chi connectivity index (χ1) is 14.4. The molecule has 1 atom stereocenters. The SMILES string of the molecule is CC1=NCCC(C)CC(CCCC(=O)C2=C(Cl)CCC(C)=C(c3cccnc3)C2)=C1. The van der Waals surface area contributed by atoms with Crippen LogP contribution in [0.5, 0.6) is 0 Å². The fourth-order valence-corrected chi connectivity index (χ4v) is 4.64. The van der Waals surface area contributed by atoms with Crippen molar-refractivity contribution < 1.29 is 4.79 Å². The predicted octanol–water partition coefficient (Wildman–Crippen LogP) is 7.09. The molecule has 160 valence electrons. The number of aliphatic imine (C=N–C) groups is 1. The summed E-state index contributed by atoms with van der Waals surface area (Å²) in [4.78, 5) is 22.0. The Kier molecular flexibility index (Phi) is 8.21. The highest BCUT2D eigenvalue weighted by molar-refractivity contribution is 6.32. The lowest BCUT2D eigenvalue weighted by Crippen LogP contribution is -2.08. The van der Waals surface area contributed by atoms with Crippen LogP contribution in [0, 0.1) is 5.92 Å². The molecular formula is C26H33ClN2O. The van der Waals surface area contributed by atoms with E-state index in [1.54, 1.807) is 6.20 Å². The number of hydrogen-bond donors (Lipinski definition) is 0. The first-order valence-electron chi connectivity index (χ1n) is 11.1. The van der Waals surface area contributed by atoms with Crippen LogP contribution in [0.25, 0.3) is 5.57 Å². The van der Waals surface area contributed by atoms with E-state index >= 15 is 0 Å². The van der Waals surface area contributed by atoms with Crippen LogP contribution in [0.2, 0.25) is 0 Å². The Balaban J connectivity index is 1.66. The zero-order valence-electron chi connectivity index (χ0n) is 18.5. The summed E-state index contributed by atoms with van der Waals surface area (Å²) in [6.07, 6.45) is 12.8. The van der Waals surface area contributed by atoms with Gasteiger partial charge in [0.05, 0.1) is 0 Å². The van der Waals surface area contributed by atoms with Crippen LogP contribution < -0.4 is 0 Å². The number of nitrogens with zero attached hydrogens (tertiary/aromatic N) is 2. The summed E-state index contributed by atoms with van der Waals surface area (Å²) in [5.41, 5.74) is 6.92. The van der Waals surface area contributed by atoms with Gasteiger partial charge in [0.1, 0.15) is 0 Å². The molecular weight excluding hydrogens is 392 g/mol. The van der Waals surface area contributed by atoms with Gasteiger partial charge in [0.2, 0.25) is 0 Å². The molecule has 2 heterocycles. The summed E-state index contributed by atoms with van der Waals surface area (Å²) in [6, 6.07) is 4.02. The highest BCUT2D eigenvalue weighted by Gasteiger charge is 2.21. The van der Waals surface area contributed by atoms with Crippen LogP contribution in [0.1, 0.15) is 77.7 Å². The van der Waals surface area contributed by atoms with Gasteiger partial charge in [0.15, 0.2) is 5.78 Å². The molecule has 3 nitrogen and oxygen atoms in total. The van der Waals surface area contributed by atoms with Gasteiger partial charge in [-0.15, -0.1) is 0 Å². The van der Waals surface area contributed by atoms with Gasteiger partial charge in [-0.25, -0.2) is 0 Å². The summed E-state index contributed by atoms with van der Waals surface area (Å²) in [5.74, 6) is 0.846. The van der Waals surface area contributed by atoms with E-state index in [-0.39, 0.29) is 5.78 Å². The van der Waals surface area contributed by atoms with Crippen LogP contribution in [0.3, 0.4) is 0 Å². The maximum Gasteiger partial charge on any atom is 0.160 e. The predicted molar refractivity (Wildman–Crippen MR) is 127 cm³/mol. The smallest absolute Gasteiger partial charge is 0.160 e. The van der Waals surface area contributed by atoms with Gasteiger partial charge in [-0.3, -0.25) is 14.8 Å². The van der Waals surface area contributed by atoms with E-state index in [1.807, 2.05) is 12.3 Å².